The molecule has 0 atom stereocenters. The van der Waals surface area contributed by atoms with E-state index < -0.39 is 0 Å². The number of para-hydroxylation sites is 1. The quantitative estimate of drug-likeness (QED) is 0.255. The summed E-state index contributed by atoms with van der Waals surface area (Å²) in [6, 6.07) is 24.2. The average molecular weight is 497 g/mol. The number of nitrogens with zero attached hydrogens (tertiary/aromatic N) is 2. The number of methoxy groups -OCH3 is 2. The van der Waals surface area contributed by atoms with E-state index in [0.717, 1.165) is 16.8 Å². The fourth-order valence-electron chi connectivity index (χ4n) is 3.71. The lowest BCUT2D eigenvalue weighted by Gasteiger charge is -2.09. The number of carbonyl (C=O) groups is 2. The molecule has 188 valence electrons. The lowest BCUT2D eigenvalue weighted by atomic mass is 10.1. The summed E-state index contributed by atoms with van der Waals surface area (Å²) in [6.45, 7) is 0.615. The Kier molecular flexibility index (Phi) is 8.33. The summed E-state index contributed by atoms with van der Waals surface area (Å²) >= 11 is 0. The van der Waals surface area contributed by atoms with E-state index in [0.29, 0.717) is 35.8 Å². The summed E-state index contributed by atoms with van der Waals surface area (Å²) in [6.07, 6.45) is 5.04. The van der Waals surface area contributed by atoms with Gasteiger partial charge in [-0.25, -0.2) is 4.68 Å². The van der Waals surface area contributed by atoms with Crippen molar-refractivity contribution in [2.75, 3.05) is 27.3 Å². The summed E-state index contributed by atoms with van der Waals surface area (Å²) in [5, 5.41) is 10.3. The van der Waals surface area contributed by atoms with Gasteiger partial charge >= 0.3 is 0 Å². The van der Waals surface area contributed by atoms with Gasteiger partial charge in [-0.1, -0.05) is 36.4 Å². The third-order valence-electron chi connectivity index (χ3n) is 5.58. The number of nitrogens with one attached hydrogen (secondary N) is 2. The summed E-state index contributed by atoms with van der Waals surface area (Å²) < 4.78 is 12.6. The Morgan fingerprint density at radius 1 is 0.865 bits per heavy atom. The second-order valence-corrected chi connectivity index (χ2v) is 8.03. The number of amides is 2. The van der Waals surface area contributed by atoms with Crippen LogP contribution in [0.4, 0.5) is 0 Å². The van der Waals surface area contributed by atoms with Crippen LogP contribution in [0.3, 0.4) is 0 Å². The molecule has 2 N–H and O–H groups in total. The molecule has 1 heterocycles. The van der Waals surface area contributed by atoms with E-state index in [1.165, 1.54) is 6.08 Å². The second-order valence-electron chi connectivity index (χ2n) is 8.03. The zero-order chi connectivity index (χ0) is 26.0. The molecule has 0 saturated heterocycles. The van der Waals surface area contributed by atoms with E-state index in [-0.39, 0.29) is 11.8 Å². The van der Waals surface area contributed by atoms with Gasteiger partial charge in [0.05, 0.1) is 19.9 Å². The molecule has 0 radical (unpaired) electrons. The first-order valence-electron chi connectivity index (χ1n) is 11.8. The van der Waals surface area contributed by atoms with Crippen molar-refractivity contribution < 1.29 is 19.1 Å². The predicted octanol–water partition coefficient (Wildman–Crippen LogP) is 4.12. The molecule has 3 aromatic carbocycles. The number of benzene rings is 3. The van der Waals surface area contributed by atoms with E-state index in [4.69, 9.17) is 14.6 Å². The minimum absolute atomic E-state index is 0.182. The molecule has 0 saturated carbocycles. The monoisotopic (exact) mass is 496 g/mol. The van der Waals surface area contributed by atoms with Crippen LogP contribution in [-0.2, 0) is 4.79 Å². The van der Waals surface area contributed by atoms with E-state index in [9.17, 15) is 9.59 Å². The second kappa shape index (κ2) is 12.2. The van der Waals surface area contributed by atoms with Crippen LogP contribution in [0.25, 0.3) is 23.0 Å². The molecule has 1 aromatic heterocycles. The first-order chi connectivity index (χ1) is 18.1. The molecule has 0 aliphatic heterocycles. The van der Waals surface area contributed by atoms with Gasteiger partial charge in [0, 0.05) is 42.1 Å². The Morgan fingerprint density at radius 2 is 1.54 bits per heavy atom. The van der Waals surface area contributed by atoms with Crippen LogP contribution in [0, 0.1) is 0 Å². The lowest BCUT2D eigenvalue weighted by molar-refractivity contribution is -0.116. The molecule has 8 heteroatoms. The average Bonchev–Trinajstić information content (AvgIpc) is 3.39. The Hall–Kier alpha value is -4.85. The first kappa shape index (κ1) is 25.2. The van der Waals surface area contributed by atoms with Gasteiger partial charge < -0.3 is 20.1 Å². The van der Waals surface area contributed by atoms with Gasteiger partial charge in [-0.05, 0) is 48.5 Å². The molecule has 0 bridgehead atoms. The Morgan fingerprint density at radius 3 is 2.24 bits per heavy atom. The van der Waals surface area contributed by atoms with Gasteiger partial charge in [0.15, 0.2) is 11.5 Å². The van der Waals surface area contributed by atoms with Gasteiger partial charge in [-0.2, -0.15) is 5.10 Å². The molecule has 2 amide bonds. The van der Waals surface area contributed by atoms with Gasteiger partial charge in [0.25, 0.3) is 5.91 Å². The smallest absolute Gasteiger partial charge is 0.251 e. The molecule has 0 aliphatic rings. The standard InChI is InChI=1S/C29H28N4O4/c1-36-25-15-13-22(19-26(25)37-2)28-23(20-33(32-28)24-11-7-4-8-12-24)14-16-27(34)30-17-18-31-29(35)21-9-5-3-6-10-21/h3-16,19-20H,17-18H2,1-2H3,(H,30,34)(H,31,35). The van der Waals surface area contributed by atoms with Crippen LogP contribution >= 0.6 is 0 Å². The Balaban J connectivity index is 1.47. The fraction of sp³-hybridized carbons (Fsp3) is 0.138. The van der Waals surface area contributed by atoms with E-state index in [1.807, 2.05) is 60.8 Å². The summed E-state index contributed by atoms with van der Waals surface area (Å²) in [4.78, 5) is 24.6. The SMILES string of the molecule is COc1ccc(-c2nn(-c3ccccc3)cc2C=CC(=O)NCCNC(=O)c2ccccc2)cc1OC. The van der Waals surface area contributed by atoms with Gasteiger partial charge in [-0.15, -0.1) is 0 Å². The first-order valence-corrected chi connectivity index (χ1v) is 11.8. The molecule has 0 unspecified atom stereocenters. The van der Waals surface area contributed by atoms with Crippen molar-refractivity contribution in [2.24, 2.45) is 0 Å². The number of carbonyl (C=O) groups excluding carboxylic acids is 2. The van der Waals surface area contributed by atoms with Crippen LogP contribution in [0.5, 0.6) is 11.5 Å². The van der Waals surface area contributed by atoms with Crippen molar-refractivity contribution in [1.82, 2.24) is 20.4 Å². The molecule has 0 aliphatic carbocycles. The highest BCUT2D eigenvalue weighted by atomic mass is 16.5. The third kappa shape index (κ3) is 6.43. The van der Waals surface area contributed by atoms with E-state index in [2.05, 4.69) is 10.6 Å². The highest BCUT2D eigenvalue weighted by Gasteiger charge is 2.14. The minimum atomic E-state index is -0.278. The zero-order valence-electron chi connectivity index (χ0n) is 20.7. The third-order valence-corrected chi connectivity index (χ3v) is 5.58. The van der Waals surface area contributed by atoms with Gasteiger partial charge in [0.2, 0.25) is 5.91 Å². The molecule has 4 aromatic rings. The van der Waals surface area contributed by atoms with E-state index >= 15 is 0 Å². The van der Waals surface area contributed by atoms with Crippen LogP contribution in [-0.4, -0.2) is 48.9 Å². The molecule has 4 rings (SSSR count). The van der Waals surface area contributed by atoms with E-state index in [1.54, 1.807) is 49.2 Å². The van der Waals surface area contributed by atoms with Crippen molar-refractivity contribution in [3.8, 4) is 28.4 Å². The maximum Gasteiger partial charge on any atom is 0.251 e. The maximum atomic E-state index is 12.5. The zero-order valence-corrected chi connectivity index (χ0v) is 20.7. The maximum absolute atomic E-state index is 12.5. The summed E-state index contributed by atoms with van der Waals surface area (Å²) in [5.41, 5.74) is 3.72. The van der Waals surface area contributed by atoms with Crippen molar-refractivity contribution in [1.29, 1.82) is 0 Å². The highest BCUT2D eigenvalue weighted by Crippen LogP contribution is 2.33. The summed E-state index contributed by atoms with van der Waals surface area (Å²) in [7, 11) is 3.17. The van der Waals surface area contributed by atoms with Crippen molar-refractivity contribution in [3.05, 3.63) is 102 Å². The number of hydrogen-bond acceptors (Lipinski definition) is 5. The predicted molar refractivity (Wildman–Crippen MR) is 143 cm³/mol. The highest BCUT2D eigenvalue weighted by molar-refractivity contribution is 5.94. The Labute approximate surface area is 215 Å². The topological polar surface area (TPSA) is 94.5 Å². The number of aromatic nitrogens is 2. The van der Waals surface area contributed by atoms with Crippen LogP contribution in [0.15, 0.2) is 91.1 Å². The Bertz CT molecular complexity index is 1380. The minimum Gasteiger partial charge on any atom is -0.493 e. The molecule has 0 fully saturated rings. The van der Waals surface area contributed by atoms with Crippen molar-refractivity contribution >= 4 is 17.9 Å². The number of ether oxygens (including phenoxy) is 2. The molecular formula is C29H28N4O4. The largest absolute Gasteiger partial charge is 0.493 e. The normalized spacial score (nSPS) is 10.8. The summed E-state index contributed by atoms with van der Waals surface area (Å²) in [5.74, 6) is 0.738. The van der Waals surface area contributed by atoms with Crippen molar-refractivity contribution in [3.63, 3.8) is 0 Å². The molecule has 37 heavy (non-hydrogen) atoms. The van der Waals surface area contributed by atoms with Crippen LogP contribution in [0.2, 0.25) is 0 Å². The number of hydrogen-bond donors (Lipinski definition) is 2. The number of rotatable bonds is 10. The van der Waals surface area contributed by atoms with Crippen molar-refractivity contribution in [2.45, 2.75) is 0 Å². The molecule has 0 spiro atoms. The fourth-order valence-corrected chi connectivity index (χ4v) is 3.71. The molecule has 8 nitrogen and oxygen atoms in total. The van der Waals surface area contributed by atoms with Gasteiger partial charge in [0.1, 0.15) is 5.69 Å². The molecular weight excluding hydrogens is 468 g/mol. The lowest BCUT2D eigenvalue weighted by Crippen LogP contribution is -2.33. The van der Waals surface area contributed by atoms with Crippen LogP contribution in [0.1, 0.15) is 15.9 Å². The van der Waals surface area contributed by atoms with Gasteiger partial charge in [-0.3, -0.25) is 9.59 Å². The van der Waals surface area contributed by atoms with Crippen LogP contribution < -0.4 is 20.1 Å².